The molecule has 7 nitrogen and oxygen atoms in total. The normalized spacial score (nSPS) is 12.8. The van der Waals surface area contributed by atoms with Gasteiger partial charge in [0.2, 0.25) is 0 Å². The number of aliphatic imine (C=N–C) groups is 1. The van der Waals surface area contributed by atoms with Crippen molar-refractivity contribution < 1.29 is 0 Å². The maximum atomic E-state index is 4.37. The molecule has 3 N–H and O–H groups in total. The number of aromatic nitrogens is 3. The van der Waals surface area contributed by atoms with E-state index in [2.05, 4.69) is 82.2 Å². The van der Waals surface area contributed by atoms with Crippen LogP contribution in [0.15, 0.2) is 41.8 Å². The summed E-state index contributed by atoms with van der Waals surface area (Å²) < 4.78 is 1.84. The van der Waals surface area contributed by atoms with Gasteiger partial charge in [0.1, 0.15) is 0 Å². The Labute approximate surface area is 196 Å². The average molecular weight is 523 g/mol. The average Bonchev–Trinajstić information content (AvgIpc) is 3.32. The zero-order valence-corrected chi connectivity index (χ0v) is 20.9. The fourth-order valence-electron chi connectivity index (χ4n) is 3.72. The molecule has 3 aromatic rings. The third-order valence-electron chi connectivity index (χ3n) is 5.37. The highest BCUT2D eigenvalue weighted by atomic mass is 127. The number of aromatic amines is 1. The largest absolute Gasteiger partial charge is 0.361 e. The Kier molecular flexibility index (Phi) is 9.16. The molecular weight excluding hydrogens is 489 g/mol. The number of fused-ring (bicyclic) bond motifs is 1. The van der Waals surface area contributed by atoms with E-state index in [1.165, 1.54) is 27.6 Å². The van der Waals surface area contributed by atoms with Crippen LogP contribution in [0.2, 0.25) is 0 Å². The van der Waals surface area contributed by atoms with E-state index in [-0.39, 0.29) is 30.0 Å². The van der Waals surface area contributed by atoms with E-state index in [9.17, 15) is 0 Å². The van der Waals surface area contributed by atoms with Gasteiger partial charge in [-0.15, -0.1) is 24.0 Å². The molecule has 2 heterocycles. The van der Waals surface area contributed by atoms with Crippen molar-refractivity contribution in [3.05, 3.63) is 53.5 Å². The van der Waals surface area contributed by atoms with E-state index < -0.39 is 0 Å². The molecule has 0 spiro atoms. The Balaban J connectivity index is 0.00000320. The number of H-pyrrole nitrogens is 1. The topological polar surface area (TPSA) is 73.3 Å². The lowest BCUT2D eigenvalue weighted by atomic mass is 10.1. The Bertz CT molecular complexity index is 957. The number of hydrogen-bond acceptors (Lipinski definition) is 3. The van der Waals surface area contributed by atoms with Crippen LogP contribution in [0.1, 0.15) is 29.7 Å². The van der Waals surface area contributed by atoms with Gasteiger partial charge in [-0.3, -0.25) is 9.67 Å². The quantitative estimate of drug-likeness (QED) is 0.241. The summed E-state index contributed by atoms with van der Waals surface area (Å²) in [4.78, 5) is 10.0. The minimum atomic E-state index is 0. The zero-order valence-electron chi connectivity index (χ0n) is 18.6. The van der Waals surface area contributed by atoms with E-state index in [1.54, 1.807) is 0 Å². The summed E-state index contributed by atoms with van der Waals surface area (Å²) in [5.74, 6) is 0.815. The van der Waals surface area contributed by atoms with E-state index >= 15 is 0 Å². The van der Waals surface area contributed by atoms with Crippen molar-refractivity contribution in [2.75, 3.05) is 34.2 Å². The first kappa shape index (κ1) is 24.2. The molecular formula is C22H34IN7. The lowest BCUT2D eigenvalue weighted by Crippen LogP contribution is -2.42. The van der Waals surface area contributed by atoms with E-state index in [4.69, 9.17) is 0 Å². The van der Waals surface area contributed by atoms with E-state index in [1.807, 2.05) is 25.0 Å². The van der Waals surface area contributed by atoms with Gasteiger partial charge in [0.25, 0.3) is 0 Å². The van der Waals surface area contributed by atoms with Gasteiger partial charge in [-0.1, -0.05) is 25.1 Å². The molecule has 3 rings (SSSR count). The van der Waals surface area contributed by atoms with E-state index in [0.717, 1.165) is 31.9 Å². The van der Waals surface area contributed by atoms with Crippen LogP contribution in [0.5, 0.6) is 0 Å². The molecule has 0 bridgehead atoms. The summed E-state index contributed by atoms with van der Waals surface area (Å²) in [6, 6.07) is 6.76. The third-order valence-corrected chi connectivity index (χ3v) is 5.37. The van der Waals surface area contributed by atoms with Gasteiger partial charge < -0.3 is 20.5 Å². The van der Waals surface area contributed by atoms with Crippen LogP contribution < -0.4 is 10.6 Å². The first-order valence-electron chi connectivity index (χ1n) is 10.2. The molecule has 1 atom stereocenters. The Morgan fingerprint density at radius 1 is 1.27 bits per heavy atom. The van der Waals surface area contributed by atoms with Gasteiger partial charge in [-0.25, -0.2) is 0 Å². The van der Waals surface area contributed by atoms with Crippen molar-refractivity contribution in [3.63, 3.8) is 0 Å². The predicted molar refractivity (Wildman–Crippen MR) is 136 cm³/mol. The Morgan fingerprint density at radius 3 is 2.70 bits per heavy atom. The number of nitrogens with zero attached hydrogens (tertiary/aromatic N) is 4. The van der Waals surface area contributed by atoms with E-state index in [0.29, 0.717) is 0 Å². The molecule has 0 aliphatic rings. The SMILES string of the molecule is CCc1cccc2c(CCNC(=NC)NCC(c3cnn(C)c3)N(C)C)c[nH]c12.I. The minimum absolute atomic E-state index is 0. The van der Waals surface area contributed by atoms with Crippen LogP contribution in [-0.2, 0) is 19.9 Å². The van der Waals surface area contributed by atoms with Gasteiger partial charge in [-0.2, -0.15) is 5.10 Å². The summed E-state index contributed by atoms with van der Waals surface area (Å²) in [5.41, 5.74) is 5.15. The van der Waals surface area contributed by atoms with Crippen LogP contribution in [0.4, 0.5) is 0 Å². The number of aryl methyl sites for hydroxylation is 2. The fourth-order valence-corrected chi connectivity index (χ4v) is 3.72. The van der Waals surface area contributed by atoms with Crippen molar-refractivity contribution in [3.8, 4) is 0 Å². The number of guanidine groups is 1. The number of likely N-dealkylation sites (N-methyl/N-ethyl adjacent to an activating group) is 1. The highest BCUT2D eigenvalue weighted by Crippen LogP contribution is 2.22. The zero-order chi connectivity index (χ0) is 20.8. The van der Waals surface area contributed by atoms with Crippen molar-refractivity contribution in [1.29, 1.82) is 0 Å². The molecule has 30 heavy (non-hydrogen) atoms. The molecule has 1 unspecified atom stereocenters. The molecule has 0 saturated heterocycles. The molecule has 2 aromatic heterocycles. The molecule has 8 heteroatoms. The molecule has 0 aliphatic carbocycles. The van der Waals surface area contributed by atoms with Crippen molar-refractivity contribution in [2.24, 2.45) is 12.0 Å². The lowest BCUT2D eigenvalue weighted by molar-refractivity contribution is 0.298. The lowest BCUT2D eigenvalue weighted by Gasteiger charge is -2.24. The number of hydrogen-bond donors (Lipinski definition) is 3. The van der Waals surface area contributed by atoms with Crippen LogP contribution in [-0.4, -0.2) is 59.9 Å². The molecule has 0 amide bonds. The molecule has 0 saturated carbocycles. The van der Waals surface area contributed by atoms with Crippen molar-refractivity contribution >= 4 is 40.8 Å². The van der Waals surface area contributed by atoms with Crippen LogP contribution in [0.3, 0.4) is 0 Å². The van der Waals surface area contributed by atoms with Crippen LogP contribution in [0.25, 0.3) is 10.9 Å². The Hall–Kier alpha value is -2.07. The standard InChI is InChI=1S/C22H33N7.HI/c1-6-16-8-7-9-19-17(12-25-21(16)19)10-11-24-22(23-2)26-14-20(28(3)4)18-13-27-29(5)15-18;/h7-9,12-13,15,20,25H,6,10-11,14H2,1-5H3,(H2,23,24,26);1H. The third kappa shape index (κ3) is 5.75. The van der Waals surface area contributed by atoms with Crippen LogP contribution in [0, 0.1) is 0 Å². The second-order valence-corrected chi connectivity index (χ2v) is 7.56. The first-order chi connectivity index (χ1) is 14.0. The molecule has 1 aromatic carbocycles. The maximum Gasteiger partial charge on any atom is 0.191 e. The number of para-hydroxylation sites is 1. The van der Waals surface area contributed by atoms with Gasteiger partial charge in [0, 0.05) is 56.0 Å². The van der Waals surface area contributed by atoms with Gasteiger partial charge >= 0.3 is 0 Å². The van der Waals surface area contributed by atoms with Gasteiger partial charge in [-0.05, 0) is 38.1 Å². The molecule has 164 valence electrons. The highest BCUT2D eigenvalue weighted by Gasteiger charge is 2.16. The monoisotopic (exact) mass is 523 g/mol. The summed E-state index contributed by atoms with van der Waals surface area (Å²) >= 11 is 0. The summed E-state index contributed by atoms with van der Waals surface area (Å²) in [5, 5.41) is 12.5. The van der Waals surface area contributed by atoms with Crippen molar-refractivity contribution in [1.82, 2.24) is 30.3 Å². The number of nitrogens with one attached hydrogen (secondary N) is 3. The highest BCUT2D eigenvalue weighted by molar-refractivity contribution is 14.0. The van der Waals surface area contributed by atoms with Crippen molar-refractivity contribution in [2.45, 2.75) is 25.8 Å². The summed E-state index contributed by atoms with van der Waals surface area (Å²) in [6.45, 7) is 3.77. The number of benzene rings is 1. The molecule has 0 fully saturated rings. The smallest absolute Gasteiger partial charge is 0.191 e. The number of halogens is 1. The molecule has 0 radical (unpaired) electrons. The second kappa shape index (κ2) is 11.4. The van der Waals surface area contributed by atoms with Gasteiger partial charge in [0.15, 0.2) is 5.96 Å². The molecule has 0 aliphatic heterocycles. The summed E-state index contributed by atoms with van der Waals surface area (Å²) in [7, 11) is 7.91. The predicted octanol–water partition coefficient (Wildman–Crippen LogP) is 3.09. The second-order valence-electron chi connectivity index (χ2n) is 7.56. The van der Waals surface area contributed by atoms with Crippen LogP contribution >= 0.6 is 24.0 Å². The number of rotatable bonds is 8. The minimum Gasteiger partial charge on any atom is -0.361 e. The Morgan fingerprint density at radius 2 is 2.07 bits per heavy atom. The van der Waals surface area contributed by atoms with Gasteiger partial charge in [0.05, 0.1) is 12.2 Å². The first-order valence-corrected chi connectivity index (χ1v) is 10.2. The fraction of sp³-hybridized carbons (Fsp3) is 0.455. The summed E-state index contributed by atoms with van der Waals surface area (Å²) in [6.07, 6.45) is 8.09. The maximum absolute atomic E-state index is 4.37.